The lowest BCUT2D eigenvalue weighted by molar-refractivity contribution is 0.439. The molecular weight excluding hydrogens is 210 g/mol. The quantitative estimate of drug-likeness (QED) is 0.838. The summed E-state index contributed by atoms with van der Waals surface area (Å²) in [5.74, 6) is 1.82. The molecule has 1 aromatic heterocycles. The van der Waals surface area contributed by atoms with Gasteiger partial charge in [0.2, 0.25) is 0 Å². The molecule has 2 saturated carbocycles. The smallest absolute Gasteiger partial charge is 0.153 e. The van der Waals surface area contributed by atoms with Gasteiger partial charge in [-0.15, -0.1) is 5.10 Å². The second kappa shape index (κ2) is 3.63. The van der Waals surface area contributed by atoms with Crippen molar-refractivity contribution in [3.8, 4) is 0 Å². The lowest BCUT2D eigenvalue weighted by Gasteiger charge is -2.23. The van der Waals surface area contributed by atoms with Crippen LogP contribution in [0.5, 0.6) is 0 Å². The van der Waals surface area contributed by atoms with Crippen molar-refractivity contribution >= 4 is 17.3 Å². The second-order valence-corrected chi connectivity index (χ2v) is 5.08. The summed E-state index contributed by atoms with van der Waals surface area (Å²) in [4.78, 5) is 0. The van der Waals surface area contributed by atoms with Crippen molar-refractivity contribution in [2.24, 2.45) is 11.8 Å². The van der Waals surface area contributed by atoms with Gasteiger partial charge in [0.05, 0.1) is 11.9 Å². The van der Waals surface area contributed by atoms with E-state index in [1.807, 2.05) is 6.07 Å². The molecule has 80 valence electrons. The summed E-state index contributed by atoms with van der Waals surface area (Å²) in [6.45, 7) is 0. The van der Waals surface area contributed by atoms with E-state index in [0.717, 1.165) is 17.5 Å². The van der Waals surface area contributed by atoms with E-state index >= 15 is 0 Å². The fourth-order valence-corrected chi connectivity index (χ4v) is 3.22. The Morgan fingerprint density at radius 1 is 1.33 bits per heavy atom. The molecule has 4 heteroatoms. The number of rotatable bonds is 2. The van der Waals surface area contributed by atoms with E-state index in [0.29, 0.717) is 11.2 Å². The Hall–Kier alpha value is -0.830. The van der Waals surface area contributed by atoms with Crippen molar-refractivity contribution in [1.29, 1.82) is 0 Å². The average molecular weight is 224 g/mol. The van der Waals surface area contributed by atoms with Gasteiger partial charge in [0.25, 0.3) is 0 Å². The highest BCUT2D eigenvalue weighted by Crippen LogP contribution is 2.45. The van der Waals surface area contributed by atoms with E-state index in [9.17, 15) is 0 Å². The molecule has 3 atom stereocenters. The Morgan fingerprint density at radius 2 is 2.27 bits per heavy atom. The van der Waals surface area contributed by atoms with Gasteiger partial charge in [-0.3, -0.25) is 0 Å². The number of anilines is 1. The first-order chi connectivity index (χ1) is 7.31. The summed E-state index contributed by atoms with van der Waals surface area (Å²) in [6.07, 6.45) is 7.28. The van der Waals surface area contributed by atoms with Gasteiger partial charge in [0, 0.05) is 12.1 Å². The van der Waals surface area contributed by atoms with Gasteiger partial charge in [-0.25, -0.2) is 0 Å². The monoisotopic (exact) mass is 223 g/mol. The SMILES string of the molecule is Clc1cc(NC2CC3CCC2C3)cnn1. The van der Waals surface area contributed by atoms with Gasteiger partial charge in [0.15, 0.2) is 5.15 Å². The maximum Gasteiger partial charge on any atom is 0.153 e. The fraction of sp³-hybridized carbons (Fsp3) is 0.636. The number of aromatic nitrogens is 2. The molecule has 0 aliphatic heterocycles. The molecule has 3 unspecified atom stereocenters. The first kappa shape index (κ1) is 9.40. The molecule has 2 aliphatic carbocycles. The van der Waals surface area contributed by atoms with Gasteiger partial charge in [-0.1, -0.05) is 18.0 Å². The lowest BCUT2D eigenvalue weighted by atomic mass is 9.95. The van der Waals surface area contributed by atoms with Gasteiger partial charge in [-0.2, -0.15) is 5.10 Å². The predicted molar refractivity (Wildman–Crippen MR) is 59.9 cm³/mol. The highest BCUT2D eigenvalue weighted by molar-refractivity contribution is 6.29. The molecule has 3 rings (SSSR count). The zero-order valence-electron chi connectivity index (χ0n) is 8.49. The van der Waals surface area contributed by atoms with Crippen LogP contribution in [0, 0.1) is 11.8 Å². The molecule has 0 amide bonds. The van der Waals surface area contributed by atoms with Gasteiger partial charge in [-0.05, 0) is 31.1 Å². The maximum atomic E-state index is 5.80. The zero-order chi connectivity index (χ0) is 10.3. The molecule has 1 N–H and O–H groups in total. The van der Waals surface area contributed by atoms with Crippen LogP contribution in [-0.2, 0) is 0 Å². The fourth-order valence-electron chi connectivity index (χ4n) is 3.06. The van der Waals surface area contributed by atoms with Gasteiger partial charge >= 0.3 is 0 Å². The minimum Gasteiger partial charge on any atom is -0.381 e. The van der Waals surface area contributed by atoms with Crippen LogP contribution in [0.15, 0.2) is 12.3 Å². The van der Waals surface area contributed by atoms with Crippen molar-refractivity contribution in [3.05, 3.63) is 17.4 Å². The minimum absolute atomic E-state index is 0.461. The number of fused-ring (bicyclic) bond motifs is 2. The molecular formula is C11H14ClN3. The molecule has 3 nitrogen and oxygen atoms in total. The Morgan fingerprint density at radius 3 is 2.93 bits per heavy atom. The largest absolute Gasteiger partial charge is 0.381 e. The highest BCUT2D eigenvalue weighted by atomic mass is 35.5. The zero-order valence-corrected chi connectivity index (χ0v) is 9.24. The summed E-state index contributed by atoms with van der Waals surface area (Å²) in [7, 11) is 0. The minimum atomic E-state index is 0.461. The summed E-state index contributed by atoms with van der Waals surface area (Å²) >= 11 is 5.80. The number of nitrogens with one attached hydrogen (secondary N) is 1. The van der Waals surface area contributed by atoms with Gasteiger partial charge in [0.1, 0.15) is 0 Å². The van der Waals surface area contributed by atoms with Crippen LogP contribution in [0.1, 0.15) is 25.7 Å². The van der Waals surface area contributed by atoms with E-state index < -0.39 is 0 Å². The van der Waals surface area contributed by atoms with Crippen molar-refractivity contribution in [3.63, 3.8) is 0 Å². The van der Waals surface area contributed by atoms with E-state index in [1.54, 1.807) is 6.20 Å². The van der Waals surface area contributed by atoms with Gasteiger partial charge < -0.3 is 5.32 Å². The van der Waals surface area contributed by atoms with Crippen molar-refractivity contribution in [2.45, 2.75) is 31.7 Å². The van der Waals surface area contributed by atoms with Crippen LogP contribution < -0.4 is 5.32 Å². The molecule has 0 radical (unpaired) electrons. The number of nitrogens with zero attached hydrogens (tertiary/aromatic N) is 2. The molecule has 2 fully saturated rings. The molecule has 0 spiro atoms. The molecule has 15 heavy (non-hydrogen) atoms. The molecule has 2 aliphatic rings. The standard InChI is InChI=1S/C11H14ClN3/c12-11-5-9(6-13-15-11)14-10-4-7-1-2-8(10)3-7/h5-8,10H,1-4H2,(H,14,15). The number of hydrogen-bond acceptors (Lipinski definition) is 3. The first-order valence-electron chi connectivity index (χ1n) is 5.56. The summed E-state index contributed by atoms with van der Waals surface area (Å²) in [5, 5.41) is 11.6. The molecule has 1 aromatic rings. The third kappa shape index (κ3) is 1.81. The molecule has 0 aromatic carbocycles. The van der Waals surface area contributed by atoms with Crippen molar-refractivity contribution < 1.29 is 0 Å². The highest BCUT2D eigenvalue weighted by Gasteiger charge is 2.39. The van der Waals surface area contributed by atoms with Crippen LogP contribution in [0.25, 0.3) is 0 Å². The van der Waals surface area contributed by atoms with E-state index in [-0.39, 0.29) is 0 Å². The van der Waals surface area contributed by atoms with E-state index in [2.05, 4.69) is 15.5 Å². The number of hydrogen-bond donors (Lipinski definition) is 1. The van der Waals surface area contributed by atoms with Crippen molar-refractivity contribution in [1.82, 2.24) is 10.2 Å². The predicted octanol–water partition coefficient (Wildman–Crippen LogP) is 2.73. The Balaban J connectivity index is 1.71. The summed E-state index contributed by atoms with van der Waals surface area (Å²) < 4.78 is 0. The summed E-state index contributed by atoms with van der Waals surface area (Å²) in [6, 6.07) is 2.48. The average Bonchev–Trinajstić information content (AvgIpc) is 2.79. The Bertz CT molecular complexity index is 369. The summed E-state index contributed by atoms with van der Waals surface area (Å²) in [5.41, 5.74) is 1.01. The van der Waals surface area contributed by atoms with Crippen LogP contribution in [0.4, 0.5) is 5.69 Å². The van der Waals surface area contributed by atoms with Crippen LogP contribution >= 0.6 is 11.6 Å². The Kier molecular flexibility index (Phi) is 2.28. The molecule has 0 saturated heterocycles. The normalized spacial score (nSPS) is 33.3. The third-order valence-electron chi connectivity index (χ3n) is 3.71. The topological polar surface area (TPSA) is 37.8 Å². The molecule has 2 bridgehead atoms. The van der Waals surface area contributed by atoms with Crippen LogP contribution in [0.2, 0.25) is 5.15 Å². The third-order valence-corrected chi connectivity index (χ3v) is 3.90. The van der Waals surface area contributed by atoms with E-state index in [4.69, 9.17) is 11.6 Å². The van der Waals surface area contributed by atoms with Crippen LogP contribution in [0.3, 0.4) is 0 Å². The number of halogens is 1. The lowest BCUT2D eigenvalue weighted by Crippen LogP contribution is -2.25. The maximum absolute atomic E-state index is 5.80. The van der Waals surface area contributed by atoms with E-state index in [1.165, 1.54) is 25.7 Å². The second-order valence-electron chi connectivity index (χ2n) is 4.69. The Labute approximate surface area is 94.2 Å². The molecule has 1 heterocycles. The van der Waals surface area contributed by atoms with Crippen LogP contribution in [-0.4, -0.2) is 16.2 Å². The van der Waals surface area contributed by atoms with Crippen molar-refractivity contribution in [2.75, 3.05) is 5.32 Å². The first-order valence-corrected chi connectivity index (χ1v) is 5.94.